The molecular weight excluding hydrogens is 244 g/mol. The molecule has 0 spiro atoms. The van der Waals surface area contributed by atoms with Crippen LogP contribution in [0, 0.1) is 10.1 Å². The molecule has 0 atom stereocenters. The summed E-state index contributed by atoms with van der Waals surface area (Å²) in [7, 11) is 1.49. The van der Waals surface area contributed by atoms with Crippen LogP contribution in [0.3, 0.4) is 0 Å². The number of methoxy groups -OCH3 is 1. The third-order valence-electron chi connectivity index (χ3n) is 2.95. The monoisotopic (exact) mass is 260 g/mol. The molecule has 0 amide bonds. The molecule has 0 radical (unpaired) electrons. The van der Waals surface area contributed by atoms with E-state index in [1.807, 2.05) is 32.9 Å². The number of hydrogen-bond donors (Lipinski definition) is 0. The fourth-order valence-corrected chi connectivity index (χ4v) is 1.86. The van der Waals surface area contributed by atoms with Crippen LogP contribution in [-0.2, 0) is 5.41 Å². The number of benzene rings is 1. The molecule has 1 heterocycles. The summed E-state index contributed by atoms with van der Waals surface area (Å²) in [6.07, 6.45) is 0. The second-order valence-corrected chi connectivity index (χ2v) is 5.42. The average molecular weight is 260 g/mol. The van der Waals surface area contributed by atoms with Crippen molar-refractivity contribution in [3.8, 4) is 5.75 Å². The predicted octanol–water partition coefficient (Wildman–Crippen LogP) is 3.45. The van der Waals surface area contributed by atoms with Gasteiger partial charge in [-0.15, -0.1) is 0 Å². The van der Waals surface area contributed by atoms with Gasteiger partial charge in [-0.05, 0) is 12.1 Å². The van der Waals surface area contributed by atoms with Gasteiger partial charge >= 0.3 is 0 Å². The summed E-state index contributed by atoms with van der Waals surface area (Å²) in [4.78, 5) is 15.2. The molecule has 0 aliphatic heterocycles. The highest BCUT2D eigenvalue weighted by molar-refractivity contribution is 5.89. The quantitative estimate of drug-likeness (QED) is 0.612. The first kappa shape index (κ1) is 13.3. The van der Waals surface area contributed by atoms with Crippen LogP contribution in [0.5, 0.6) is 5.75 Å². The van der Waals surface area contributed by atoms with Gasteiger partial charge in [0.2, 0.25) is 0 Å². The van der Waals surface area contributed by atoms with Gasteiger partial charge < -0.3 is 4.74 Å². The van der Waals surface area contributed by atoms with Gasteiger partial charge in [-0.3, -0.25) is 10.1 Å². The number of aromatic nitrogens is 1. The number of nitro groups is 1. The fourth-order valence-electron chi connectivity index (χ4n) is 1.86. The summed E-state index contributed by atoms with van der Waals surface area (Å²) in [6.45, 7) is 6.07. The van der Waals surface area contributed by atoms with E-state index < -0.39 is 4.92 Å². The van der Waals surface area contributed by atoms with E-state index in [4.69, 9.17) is 4.74 Å². The molecule has 0 fully saturated rings. The van der Waals surface area contributed by atoms with E-state index in [0.717, 1.165) is 5.69 Å². The normalized spacial score (nSPS) is 11.6. The van der Waals surface area contributed by atoms with Gasteiger partial charge in [0.15, 0.2) is 0 Å². The lowest BCUT2D eigenvalue weighted by Crippen LogP contribution is -2.13. The van der Waals surface area contributed by atoms with Gasteiger partial charge in [0.1, 0.15) is 11.3 Å². The third kappa shape index (κ3) is 2.50. The van der Waals surface area contributed by atoms with Crippen LogP contribution >= 0.6 is 0 Å². The molecule has 5 nitrogen and oxygen atoms in total. The highest BCUT2D eigenvalue weighted by Gasteiger charge is 2.20. The van der Waals surface area contributed by atoms with E-state index >= 15 is 0 Å². The Morgan fingerprint density at radius 2 is 1.95 bits per heavy atom. The Labute approximate surface area is 111 Å². The van der Waals surface area contributed by atoms with Gasteiger partial charge in [-0.1, -0.05) is 26.8 Å². The highest BCUT2D eigenvalue weighted by Crippen LogP contribution is 2.31. The molecular formula is C14H16N2O3. The van der Waals surface area contributed by atoms with Gasteiger partial charge in [0.25, 0.3) is 5.69 Å². The summed E-state index contributed by atoms with van der Waals surface area (Å²) in [5, 5.41) is 11.9. The zero-order valence-electron chi connectivity index (χ0n) is 11.4. The maximum absolute atomic E-state index is 11.2. The molecule has 1 aromatic carbocycles. The molecule has 0 aliphatic carbocycles. The van der Waals surface area contributed by atoms with Crippen molar-refractivity contribution in [1.29, 1.82) is 0 Å². The van der Waals surface area contributed by atoms with Crippen LogP contribution in [-0.4, -0.2) is 17.0 Å². The number of non-ortho nitro benzene ring substituents is 1. The molecule has 2 rings (SSSR count). The lowest BCUT2D eigenvalue weighted by Gasteiger charge is -2.18. The summed E-state index contributed by atoms with van der Waals surface area (Å²) >= 11 is 0. The first-order chi connectivity index (χ1) is 8.82. The maximum Gasteiger partial charge on any atom is 0.299 e. The Bertz CT molecular complexity index is 645. The predicted molar refractivity (Wildman–Crippen MR) is 73.6 cm³/mol. The second-order valence-electron chi connectivity index (χ2n) is 5.42. The lowest BCUT2D eigenvalue weighted by atomic mass is 9.91. The van der Waals surface area contributed by atoms with Crippen molar-refractivity contribution in [2.24, 2.45) is 0 Å². The Morgan fingerprint density at radius 3 is 2.47 bits per heavy atom. The van der Waals surface area contributed by atoms with Crippen molar-refractivity contribution in [3.05, 3.63) is 40.1 Å². The Kier molecular flexibility index (Phi) is 3.14. The van der Waals surface area contributed by atoms with E-state index in [1.54, 1.807) is 6.07 Å². The minimum absolute atomic E-state index is 0.0274. The van der Waals surface area contributed by atoms with E-state index in [0.29, 0.717) is 16.7 Å². The van der Waals surface area contributed by atoms with Gasteiger partial charge in [0, 0.05) is 16.5 Å². The van der Waals surface area contributed by atoms with Crippen LogP contribution in [0.2, 0.25) is 0 Å². The summed E-state index contributed by atoms with van der Waals surface area (Å²) in [5.41, 5.74) is 1.05. The van der Waals surface area contributed by atoms with Crippen LogP contribution in [0.1, 0.15) is 26.5 Å². The molecule has 0 unspecified atom stereocenters. The number of rotatable bonds is 2. The molecule has 1 aromatic heterocycles. The van der Waals surface area contributed by atoms with Crippen LogP contribution in [0.15, 0.2) is 24.3 Å². The SMILES string of the molecule is COc1cc([N+](=O)[O-])c2nc(C(C)(C)C)ccc2c1. The van der Waals surface area contributed by atoms with Gasteiger partial charge in [-0.2, -0.15) is 0 Å². The molecule has 2 aromatic rings. The number of nitrogens with zero attached hydrogens (tertiary/aromatic N) is 2. The topological polar surface area (TPSA) is 65.3 Å². The smallest absolute Gasteiger partial charge is 0.299 e. The van der Waals surface area contributed by atoms with Crippen molar-refractivity contribution in [1.82, 2.24) is 4.98 Å². The molecule has 0 saturated carbocycles. The third-order valence-corrected chi connectivity index (χ3v) is 2.95. The largest absolute Gasteiger partial charge is 0.496 e. The van der Waals surface area contributed by atoms with Crippen molar-refractivity contribution >= 4 is 16.6 Å². The van der Waals surface area contributed by atoms with E-state index in [9.17, 15) is 10.1 Å². The first-order valence-electron chi connectivity index (χ1n) is 5.96. The number of hydrogen-bond acceptors (Lipinski definition) is 4. The second kappa shape index (κ2) is 4.50. The number of nitro benzene ring substituents is 1. The van der Waals surface area contributed by atoms with Gasteiger partial charge in [0.05, 0.1) is 18.1 Å². The Morgan fingerprint density at radius 1 is 1.26 bits per heavy atom. The Hall–Kier alpha value is -2.17. The molecule has 0 bridgehead atoms. The standard InChI is InChI=1S/C14H16N2O3/c1-14(2,3)12-6-5-9-7-10(19-4)8-11(16(17)18)13(9)15-12/h5-8H,1-4H3. The zero-order valence-corrected chi connectivity index (χ0v) is 11.4. The van der Waals surface area contributed by atoms with E-state index in [-0.39, 0.29) is 11.1 Å². The van der Waals surface area contributed by atoms with E-state index in [1.165, 1.54) is 13.2 Å². The van der Waals surface area contributed by atoms with Crippen LogP contribution in [0.4, 0.5) is 5.69 Å². The fraction of sp³-hybridized carbons (Fsp3) is 0.357. The summed E-state index contributed by atoms with van der Waals surface area (Å²) in [5.74, 6) is 0.463. The van der Waals surface area contributed by atoms with Crippen molar-refractivity contribution in [3.63, 3.8) is 0 Å². The minimum atomic E-state index is -0.426. The number of fused-ring (bicyclic) bond motifs is 1. The molecule has 0 N–H and O–H groups in total. The van der Waals surface area contributed by atoms with Crippen LogP contribution in [0.25, 0.3) is 10.9 Å². The average Bonchev–Trinajstić information content (AvgIpc) is 2.35. The van der Waals surface area contributed by atoms with E-state index in [2.05, 4.69) is 4.98 Å². The number of ether oxygens (including phenoxy) is 1. The first-order valence-corrected chi connectivity index (χ1v) is 5.96. The maximum atomic E-state index is 11.2. The zero-order chi connectivity index (χ0) is 14.2. The van der Waals surface area contributed by atoms with Crippen LogP contribution < -0.4 is 4.74 Å². The molecule has 5 heteroatoms. The highest BCUT2D eigenvalue weighted by atomic mass is 16.6. The lowest BCUT2D eigenvalue weighted by molar-refractivity contribution is -0.383. The van der Waals surface area contributed by atoms with Gasteiger partial charge in [-0.25, -0.2) is 4.98 Å². The molecule has 0 aliphatic rings. The summed E-state index contributed by atoms with van der Waals surface area (Å²) < 4.78 is 5.08. The Balaban J connectivity index is 2.77. The number of pyridine rings is 1. The van der Waals surface area contributed by atoms with Crippen molar-refractivity contribution in [2.45, 2.75) is 26.2 Å². The van der Waals surface area contributed by atoms with Crippen molar-refractivity contribution < 1.29 is 9.66 Å². The molecule has 19 heavy (non-hydrogen) atoms. The minimum Gasteiger partial charge on any atom is -0.496 e. The molecule has 100 valence electrons. The summed E-state index contributed by atoms with van der Waals surface area (Å²) in [6, 6.07) is 6.90. The van der Waals surface area contributed by atoms with Crippen molar-refractivity contribution in [2.75, 3.05) is 7.11 Å². The molecule has 0 saturated heterocycles.